The number of nitrogens with zero attached hydrogens (tertiary/aromatic N) is 4. The lowest BCUT2D eigenvalue weighted by Crippen LogP contribution is -2.48. The highest BCUT2D eigenvalue weighted by Gasteiger charge is 2.44. The molecule has 0 spiro atoms. The Hall–Kier alpha value is -3.87. The molecule has 224 valence electrons. The van der Waals surface area contributed by atoms with E-state index in [9.17, 15) is 19.2 Å². The first-order valence-corrected chi connectivity index (χ1v) is 14.5. The number of ether oxygens (including phenoxy) is 2. The normalized spacial score (nSPS) is 17.8. The fourth-order valence-electron chi connectivity index (χ4n) is 4.90. The van der Waals surface area contributed by atoms with Crippen molar-refractivity contribution >= 4 is 52.5 Å². The molecule has 2 aromatic rings. The number of likely N-dealkylation sites (N-methyl/N-ethyl adjacent to an activating group) is 1. The average Bonchev–Trinajstić information content (AvgIpc) is 3.21. The second-order valence-electron chi connectivity index (χ2n) is 10.1. The number of anilines is 2. The SMILES string of the molecule is CCOC(=O)c1ccc(NC(=O)C[C@@H]2C(=O)N(c3ccc(C(=O)OCC)cc3)C(=S)N2CCN2CCN(C)CC2)cc1. The number of hydrogen-bond donors (Lipinski definition) is 1. The Balaban J connectivity index is 1.49. The number of carbonyl (C=O) groups is 4. The van der Waals surface area contributed by atoms with E-state index in [1.807, 2.05) is 4.90 Å². The van der Waals surface area contributed by atoms with Gasteiger partial charge in [-0.3, -0.25) is 19.4 Å². The van der Waals surface area contributed by atoms with Crippen molar-refractivity contribution in [3.63, 3.8) is 0 Å². The minimum Gasteiger partial charge on any atom is -0.462 e. The number of rotatable bonds is 11. The van der Waals surface area contributed by atoms with Crippen LogP contribution in [0.15, 0.2) is 48.5 Å². The van der Waals surface area contributed by atoms with E-state index in [0.29, 0.717) is 40.7 Å². The number of carbonyl (C=O) groups excluding carboxylic acids is 4. The van der Waals surface area contributed by atoms with Crippen LogP contribution in [-0.2, 0) is 19.1 Å². The zero-order valence-electron chi connectivity index (χ0n) is 24.2. The van der Waals surface area contributed by atoms with Crippen LogP contribution in [0.3, 0.4) is 0 Å². The molecule has 0 radical (unpaired) electrons. The van der Waals surface area contributed by atoms with Crippen LogP contribution in [0.2, 0.25) is 0 Å². The van der Waals surface area contributed by atoms with Gasteiger partial charge in [-0.2, -0.15) is 0 Å². The molecule has 0 aromatic heterocycles. The minimum atomic E-state index is -0.798. The molecule has 1 N–H and O–H groups in total. The highest BCUT2D eigenvalue weighted by atomic mass is 32.1. The van der Waals surface area contributed by atoms with Gasteiger partial charge in [0.05, 0.1) is 36.4 Å². The average molecular weight is 596 g/mol. The summed E-state index contributed by atoms with van der Waals surface area (Å²) in [4.78, 5) is 58.8. The highest BCUT2D eigenvalue weighted by molar-refractivity contribution is 7.80. The van der Waals surface area contributed by atoms with Crippen LogP contribution in [0.4, 0.5) is 11.4 Å². The van der Waals surface area contributed by atoms with Crippen LogP contribution in [0, 0.1) is 0 Å². The van der Waals surface area contributed by atoms with Crippen LogP contribution in [0.5, 0.6) is 0 Å². The molecule has 42 heavy (non-hydrogen) atoms. The summed E-state index contributed by atoms with van der Waals surface area (Å²) in [7, 11) is 2.09. The lowest BCUT2D eigenvalue weighted by atomic mass is 10.1. The molecule has 2 amide bonds. The topological polar surface area (TPSA) is 112 Å². The molecular weight excluding hydrogens is 558 g/mol. The van der Waals surface area contributed by atoms with Crippen molar-refractivity contribution in [3.8, 4) is 0 Å². The Morgan fingerprint density at radius 1 is 0.857 bits per heavy atom. The third-order valence-corrected chi connectivity index (χ3v) is 7.68. The van der Waals surface area contributed by atoms with Gasteiger partial charge in [0.25, 0.3) is 5.91 Å². The van der Waals surface area contributed by atoms with E-state index in [1.54, 1.807) is 62.4 Å². The first kappa shape index (κ1) is 31.1. The molecule has 11 nitrogen and oxygen atoms in total. The molecule has 2 heterocycles. The summed E-state index contributed by atoms with van der Waals surface area (Å²) in [6.07, 6.45) is -0.112. The predicted molar refractivity (Wildman–Crippen MR) is 163 cm³/mol. The molecule has 2 aliphatic rings. The molecule has 0 unspecified atom stereocenters. The van der Waals surface area contributed by atoms with E-state index < -0.39 is 18.0 Å². The van der Waals surface area contributed by atoms with E-state index in [1.165, 1.54) is 4.90 Å². The van der Waals surface area contributed by atoms with Crippen molar-refractivity contribution in [2.45, 2.75) is 26.3 Å². The third kappa shape index (κ3) is 7.50. The molecule has 0 aliphatic carbocycles. The number of amides is 2. The van der Waals surface area contributed by atoms with Crippen LogP contribution < -0.4 is 10.2 Å². The second kappa shape index (κ2) is 14.3. The summed E-state index contributed by atoms with van der Waals surface area (Å²) in [5.74, 6) is -1.55. The van der Waals surface area contributed by atoms with Crippen LogP contribution in [-0.4, -0.2) is 109 Å². The minimum absolute atomic E-state index is 0.112. The van der Waals surface area contributed by atoms with E-state index in [-0.39, 0.29) is 31.4 Å². The Kier molecular flexibility index (Phi) is 10.6. The lowest BCUT2D eigenvalue weighted by molar-refractivity contribution is -0.124. The maximum Gasteiger partial charge on any atom is 0.338 e. The summed E-state index contributed by atoms with van der Waals surface area (Å²) in [5.41, 5.74) is 1.76. The molecule has 0 bridgehead atoms. The standard InChI is InChI=1S/C30H37N5O6S/c1-4-40-28(38)21-6-10-23(11-7-21)31-26(36)20-25-27(37)35(24-12-8-22(9-13-24)29(39)41-5-2)30(42)34(25)19-18-33-16-14-32(3)15-17-33/h6-13,25H,4-5,14-20H2,1-3H3,(H,31,36)/t25-/m1/s1. The predicted octanol–water partition coefficient (Wildman–Crippen LogP) is 2.62. The zero-order chi connectivity index (χ0) is 30.2. The number of hydrogen-bond acceptors (Lipinski definition) is 9. The number of thiocarbonyl (C=S) groups is 1. The van der Waals surface area contributed by atoms with E-state index in [2.05, 4.69) is 22.2 Å². The molecule has 2 aliphatic heterocycles. The van der Waals surface area contributed by atoms with E-state index >= 15 is 0 Å². The summed E-state index contributed by atoms with van der Waals surface area (Å²) < 4.78 is 10.1. The van der Waals surface area contributed by atoms with Gasteiger partial charge >= 0.3 is 11.9 Å². The van der Waals surface area contributed by atoms with Gasteiger partial charge in [-0.15, -0.1) is 0 Å². The zero-order valence-corrected chi connectivity index (χ0v) is 25.0. The van der Waals surface area contributed by atoms with Crippen molar-refractivity contribution in [1.82, 2.24) is 14.7 Å². The van der Waals surface area contributed by atoms with Gasteiger partial charge in [0.15, 0.2) is 5.11 Å². The summed E-state index contributed by atoms with van der Waals surface area (Å²) in [5, 5.41) is 3.14. The molecule has 2 fully saturated rings. The number of nitrogens with one attached hydrogen (secondary N) is 1. The van der Waals surface area contributed by atoms with Crippen molar-refractivity contribution in [1.29, 1.82) is 0 Å². The molecule has 2 saturated heterocycles. The van der Waals surface area contributed by atoms with Crippen molar-refractivity contribution in [2.24, 2.45) is 0 Å². The van der Waals surface area contributed by atoms with Gasteiger partial charge in [0.2, 0.25) is 5.91 Å². The van der Waals surface area contributed by atoms with Crippen molar-refractivity contribution < 1.29 is 28.7 Å². The van der Waals surface area contributed by atoms with Crippen molar-refractivity contribution in [2.75, 3.05) is 69.7 Å². The van der Waals surface area contributed by atoms with Crippen LogP contribution in [0.25, 0.3) is 0 Å². The quantitative estimate of drug-likeness (QED) is 0.307. The first-order valence-electron chi connectivity index (χ1n) is 14.1. The van der Waals surface area contributed by atoms with Crippen LogP contribution >= 0.6 is 12.2 Å². The molecule has 0 saturated carbocycles. The molecular formula is C30H37N5O6S. The van der Waals surface area contributed by atoms with Gasteiger partial charge < -0.3 is 24.6 Å². The maximum atomic E-state index is 13.8. The Morgan fingerprint density at radius 2 is 1.40 bits per heavy atom. The van der Waals surface area contributed by atoms with E-state index in [4.69, 9.17) is 21.7 Å². The van der Waals surface area contributed by atoms with Crippen molar-refractivity contribution in [3.05, 3.63) is 59.7 Å². The molecule has 1 atom stereocenters. The molecule has 4 rings (SSSR count). The van der Waals surface area contributed by atoms with Gasteiger partial charge in [0, 0.05) is 45.0 Å². The van der Waals surface area contributed by atoms with Crippen LogP contribution in [0.1, 0.15) is 41.0 Å². The largest absolute Gasteiger partial charge is 0.462 e. The monoisotopic (exact) mass is 595 g/mol. The molecule has 12 heteroatoms. The number of piperazine rings is 1. The lowest BCUT2D eigenvalue weighted by Gasteiger charge is -2.34. The Bertz CT molecular complexity index is 1290. The highest BCUT2D eigenvalue weighted by Crippen LogP contribution is 2.28. The first-order chi connectivity index (χ1) is 20.2. The summed E-state index contributed by atoms with van der Waals surface area (Å²) in [6, 6.07) is 12.1. The van der Waals surface area contributed by atoms with Gasteiger partial charge in [-0.1, -0.05) is 0 Å². The van der Waals surface area contributed by atoms with Gasteiger partial charge in [0.1, 0.15) is 6.04 Å². The fourth-order valence-corrected chi connectivity index (χ4v) is 5.31. The number of benzene rings is 2. The second-order valence-corrected chi connectivity index (χ2v) is 10.5. The smallest absolute Gasteiger partial charge is 0.338 e. The summed E-state index contributed by atoms with van der Waals surface area (Å²) in [6.45, 7) is 8.93. The van der Waals surface area contributed by atoms with Gasteiger partial charge in [-0.05, 0) is 81.6 Å². The fraction of sp³-hybridized carbons (Fsp3) is 0.433. The third-order valence-electron chi connectivity index (χ3n) is 7.27. The van der Waals surface area contributed by atoms with Gasteiger partial charge in [-0.25, -0.2) is 9.59 Å². The Labute approximate surface area is 251 Å². The van der Waals surface area contributed by atoms with E-state index in [0.717, 1.165) is 26.2 Å². The maximum absolute atomic E-state index is 13.8. The summed E-state index contributed by atoms with van der Waals surface area (Å²) >= 11 is 5.79. The molecule has 2 aromatic carbocycles. The Morgan fingerprint density at radius 3 is 1.95 bits per heavy atom. The number of esters is 2.